The first-order valence-electron chi connectivity index (χ1n) is 5.87. The fourth-order valence-corrected chi connectivity index (χ4v) is 3.06. The molecule has 1 fully saturated rings. The molecule has 3 N–H and O–H groups in total. The summed E-state index contributed by atoms with van der Waals surface area (Å²) in [6, 6.07) is 0.301. The standard InChI is InChI=1S/C10H22N2O3S.ClH/c1-2-15-7-8-16(13,14)12-10-5-3-9(11)4-6-10;/h9-10,12H,2-8,11H2,1H3;1H. The molecular formula is C10H23ClN2O3S. The highest BCUT2D eigenvalue weighted by atomic mass is 35.5. The monoisotopic (exact) mass is 286 g/mol. The number of sulfonamides is 1. The Morgan fingerprint density at radius 2 is 1.88 bits per heavy atom. The lowest BCUT2D eigenvalue weighted by atomic mass is 9.93. The maximum absolute atomic E-state index is 11.6. The Morgan fingerprint density at radius 1 is 1.29 bits per heavy atom. The van der Waals surface area contributed by atoms with Crippen molar-refractivity contribution in [2.45, 2.75) is 44.7 Å². The highest BCUT2D eigenvalue weighted by Gasteiger charge is 2.22. The SMILES string of the molecule is CCOCCS(=O)(=O)NC1CCC(N)CC1.Cl. The quantitative estimate of drug-likeness (QED) is 0.702. The van der Waals surface area contributed by atoms with Gasteiger partial charge in [-0.3, -0.25) is 0 Å². The zero-order valence-corrected chi connectivity index (χ0v) is 11.9. The van der Waals surface area contributed by atoms with E-state index < -0.39 is 10.0 Å². The van der Waals surface area contributed by atoms with Crippen LogP contribution in [0.4, 0.5) is 0 Å². The average molecular weight is 287 g/mol. The number of halogens is 1. The van der Waals surface area contributed by atoms with E-state index in [4.69, 9.17) is 10.5 Å². The van der Waals surface area contributed by atoms with Gasteiger partial charge in [-0.25, -0.2) is 13.1 Å². The van der Waals surface area contributed by atoms with Crippen LogP contribution in [0.25, 0.3) is 0 Å². The summed E-state index contributed by atoms with van der Waals surface area (Å²) in [4.78, 5) is 0. The van der Waals surface area contributed by atoms with Crippen LogP contribution in [-0.2, 0) is 14.8 Å². The van der Waals surface area contributed by atoms with Crippen molar-refractivity contribution >= 4 is 22.4 Å². The third kappa shape index (κ3) is 7.21. The smallest absolute Gasteiger partial charge is 0.214 e. The molecule has 0 radical (unpaired) electrons. The Bertz CT molecular complexity index is 290. The van der Waals surface area contributed by atoms with E-state index in [1.807, 2.05) is 6.92 Å². The van der Waals surface area contributed by atoms with Gasteiger partial charge in [0.1, 0.15) is 0 Å². The van der Waals surface area contributed by atoms with E-state index in [2.05, 4.69) is 4.72 Å². The first-order valence-corrected chi connectivity index (χ1v) is 7.52. The predicted molar refractivity (Wildman–Crippen MR) is 70.9 cm³/mol. The van der Waals surface area contributed by atoms with Crippen molar-refractivity contribution in [2.24, 2.45) is 5.73 Å². The molecule has 0 saturated heterocycles. The van der Waals surface area contributed by atoms with Crippen LogP contribution in [0, 0.1) is 0 Å². The molecule has 0 aliphatic heterocycles. The number of hydrogen-bond donors (Lipinski definition) is 2. The Labute approximate surface area is 110 Å². The number of ether oxygens (including phenoxy) is 1. The molecule has 0 aromatic rings. The highest BCUT2D eigenvalue weighted by Crippen LogP contribution is 2.17. The van der Waals surface area contributed by atoms with Crippen molar-refractivity contribution in [2.75, 3.05) is 19.0 Å². The largest absolute Gasteiger partial charge is 0.381 e. The summed E-state index contributed by atoms with van der Waals surface area (Å²) in [7, 11) is -3.19. The van der Waals surface area contributed by atoms with E-state index in [0.717, 1.165) is 25.7 Å². The maximum atomic E-state index is 11.6. The summed E-state index contributed by atoms with van der Waals surface area (Å²) in [5.41, 5.74) is 5.76. The molecule has 104 valence electrons. The van der Waals surface area contributed by atoms with Crippen LogP contribution in [-0.4, -0.2) is 39.5 Å². The van der Waals surface area contributed by atoms with E-state index in [1.54, 1.807) is 0 Å². The van der Waals surface area contributed by atoms with Gasteiger partial charge in [0.05, 0.1) is 12.4 Å². The second-order valence-corrected chi connectivity index (χ2v) is 6.12. The minimum Gasteiger partial charge on any atom is -0.381 e. The molecule has 0 unspecified atom stereocenters. The molecule has 17 heavy (non-hydrogen) atoms. The minimum atomic E-state index is -3.19. The van der Waals surface area contributed by atoms with Crippen LogP contribution in [0.2, 0.25) is 0 Å². The molecule has 0 amide bonds. The molecular weight excluding hydrogens is 264 g/mol. The summed E-state index contributed by atoms with van der Waals surface area (Å²) < 4.78 is 31.0. The van der Waals surface area contributed by atoms with Crippen molar-refractivity contribution < 1.29 is 13.2 Å². The van der Waals surface area contributed by atoms with Gasteiger partial charge in [0.25, 0.3) is 0 Å². The van der Waals surface area contributed by atoms with Gasteiger partial charge in [-0.15, -0.1) is 12.4 Å². The summed E-state index contributed by atoms with van der Waals surface area (Å²) >= 11 is 0. The van der Waals surface area contributed by atoms with Crippen molar-refractivity contribution in [3.63, 3.8) is 0 Å². The minimum absolute atomic E-state index is 0. The predicted octanol–water partition coefficient (Wildman–Crippen LogP) is 0.634. The van der Waals surface area contributed by atoms with Gasteiger partial charge in [0.15, 0.2) is 0 Å². The molecule has 1 aliphatic carbocycles. The fourth-order valence-electron chi connectivity index (χ4n) is 1.86. The van der Waals surface area contributed by atoms with Crippen molar-refractivity contribution in [3.05, 3.63) is 0 Å². The zero-order valence-electron chi connectivity index (χ0n) is 10.2. The van der Waals surface area contributed by atoms with Gasteiger partial charge in [0.2, 0.25) is 10.0 Å². The normalized spacial score (nSPS) is 25.3. The lowest BCUT2D eigenvalue weighted by molar-refractivity contribution is 0.163. The second kappa shape index (κ2) is 8.26. The topological polar surface area (TPSA) is 81.4 Å². The van der Waals surface area contributed by atoms with E-state index in [1.165, 1.54) is 0 Å². The number of nitrogens with two attached hydrogens (primary N) is 1. The lowest BCUT2D eigenvalue weighted by Crippen LogP contribution is -2.41. The van der Waals surface area contributed by atoms with Crippen molar-refractivity contribution in [3.8, 4) is 0 Å². The zero-order chi connectivity index (χ0) is 12.0. The summed E-state index contributed by atoms with van der Waals surface area (Å²) in [6.07, 6.45) is 3.49. The highest BCUT2D eigenvalue weighted by molar-refractivity contribution is 7.89. The maximum Gasteiger partial charge on any atom is 0.214 e. The van der Waals surface area contributed by atoms with E-state index in [-0.39, 0.29) is 36.9 Å². The lowest BCUT2D eigenvalue weighted by Gasteiger charge is -2.26. The molecule has 1 saturated carbocycles. The van der Waals surface area contributed by atoms with Gasteiger partial charge in [0, 0.05) is 18.7 Å². The summed E-state index contributed by atoms with van der Waals surface area (Å²) in [5.74, 6) is 0.0450. The molecule has 0 aromatic heterocycles. The van der Waals surface area contributed by atoms with E-state index in [0.29, 0.717) is 6.61 Å². The molecule has 1 rings (SSSR count). The van der Waals surface area contributed by atoms with Crippen LogP contribution in [0.5, 0.6) is 0 Å². The van der Waals surface area contributed by atoms with Gasteiger partial charge in [-0.2, -0.15) is 0 Å². The molecule has 1 aliphatic rings. The molecule has 0 aromatic carbocycles. The van der Waals surface area contributed by atoms with Gasteiger partial charge < -0.3 is 10.5 Å². The van der Waals surface area contributed by atoms with Crippen LogP contribution in [0.1, 0.15) is 32.6 Å². The average Bonchev–Trinajstić information content (AvgIpc) is 2.21. The van der Waals surface area contributed by atoms with Gasteiger partial charge >= 0.3 is 0 Å². The van der Waals surface area contributed by atoms with E-state index in [9.17, 15) is 8.42 Å². The molecule has 0 heterocycles. The molecule has 0 bridgehead atoms. The van der Waals surface area contributed by atoms with E-state index >= 15 is 0 Å². The first kappa shape index (κ1) is 17.1. The van der Waals surface area contributed by atoms with Crippen LogP contribution >= 0.6 is 12.4 Å². The molecule has 0 spiro atoms. The Morgan fingerprint density at radius 3 is 2.41 bits per heavy atom. The number of hydrogen-bond acceptors (Lipinski definition) is 4. The third-order valence-electron chi connectivity index (χ3n) is 2.82. The molecule has 0 atom stereocenters. The third-order valence-corrected chi connectivity index (χ3v) is 4.22. The number of rotatable bonds is 6. The molecule has 5 nitrogen and oxygen atoms in total. The Balaban J connectivity index is 0.00000256. The van der Waals surface area contributed by atoms with Crippen LogP contribution in [0.15, 0.2) is 0 Å². The summed E-state index contributed by atoms with van der Waals surface area (Å²) in [6.45, 7) is 2.66. The first-order chi connectivity index (χ1) is 7.53. The van der Waals surface area contributed by atoms with Crippen molar-refractivity contribution in [1.29, 1.82) is 0 Å². The van der Waals surface area contributed by atoms with Gasteiger partial charge in [-0.1, -0.05) is 0 Å². The molecule has 7 heteroatoms. The Kier molecular flexibility index (Phi) is 8.32. The van der Waals surface area contributed by atoms with Crippen LogP contribution < -0.4 is 10.5 Å². The second-order valence-electron chi connectivity index (χ2n) is 4.25. The van der Waals surface area contributed by atoms with Crippen molar-refractivity contribution in [1.82, 2.24) is 4.72 Å². The summed E-state index contributed by atoms with van der Waals surface area (Å²) in [5, 5.41) is 0. The fraction of sp³-hybridized carbons (Fsp3) is 1.00. The van der Waals surface area contributed by atoms with Crippen LogP contribution in [0.3, 0.4) is 0 Å². The Hall–Kier alpha value is 0.120. The number of nitrogens with one attached hydrogen (secondary N) is 1. The van der Waals surface area contributed by atoms with Gasteiger partial charge in [-0.05, 0) is 32.6 Å².